The molecule has 0 aromatic heterocycles. The van der Waals surface area contributed by atoms with Gasteiger partial charge in [-0.25, -0.2) is 4.79 Å². The maximum absolute atomic E-state index is 12.6. The minimum Gasteiger partial charge on any atom is -0.460 e. The molecular weight excluding hydrogens is 448 g/mol. The molecule has 2 amide bonds. The largest absolute Gasteiger partial charge is 0.460 e. The van der Waals surface area contributed by atoms with Gasteiger partial charge in [-0.05, 0) is 48.4 Å². The van der Waals surface area contributed by atoms with Crippen molar-refractivity contribution >= 4 is 29.4 Å². The average Bonchev–Trinajstić information content (AvgIpc) is 2.87. The molecule has 0 unspecified atom stereocenters. The molecule has 35 heavy (non-hydrogen) atoms. The molecule has 0 aliphatic rings. The van der Waals surface area contributed by atoms with E-state index in [4.69, 9.17) is 9.47 Å². The van der Waals surface area contributed by atoms with Crippen molar-refractivity contribution in [3.63, 3.8) is 0 Å². The Morgan fingerprint density at radius 2 is 1.51 bits per heavy atom. The molecule has 0 aliphatic heterocycles. The van der Waals surface area contributed by atoms with Crippen LogP contribution in [0.15, 0.2) is 78.9 Å². The van der Waals surface area contributed by atoms with Crippen LogP contribution in [0.2, 0.25) is 0 Å². The van der Waals surface area contributed by atoms with Crippen molar-refractivity contribution in [2.45, 2.75) is 26.4 Å². The molecule has 0 spiro atoms. The van der Waals surface area contributed by atoms with Gasteiger partial charge >= 0.3 is 11.9 Å². The van der Waals surface area contributed by atoms with E-state index in [0.717, 1.165) is 12.0 Å². The van der Waals surface area contributed by atoms with Crippen LogP contribution in [0.3, 0.4) is 0 Å². The number of anilines is 1. The topological polar surface area (TPSA) is 111 Å². The summed E-state index contributed by atoms with van der Waals surface area (Å²) in [5.41, 5.74) is 1.75. The molecule has 8 nitrogen and oxygen atoms in total. The van der Waals surface area contributed by atoms with E-state index in [1.54, 1.807) is 24.3 Å². The summed E-state index contributed by atoms with van der Waals surface area (Å²) < 4.78 is 10.6. The average molecular weight is 475 g/mol. The predicted octanol–water partition coefficient (Wildman–Crippen LogP) is 4.12. The highest BCUT2D eigenvalue weighted by atomic mass is 16.5. The Bertz CT molecular complexity index is 1180. The molecule has 3 aromatic rings. The number of hydrogen-bond donors (Lipinski definition) is 2. The predicted molar refractivity (Wildman–Crippen MR) is 130 cm³/mol. The number of nitrogens with one attached hydrogen (secondary N) is 2. The number of carbonyl (C=O) groups excluding carboxylic acids is 4. The van der Waals surface area contributed by atoms with Gasteiger partial charge in [0.05, 0.1) is 11.1 Å². The third-order valence-electron chi connectivity index (χ3n) is 4.85. The fourth-order valence-corrected chi connectivity index (χ4v) is 3.08. The van der Waals surface area contributed by atoms with Gasteiger partial charge in [0, 0.05) is 12.1 Å². The van der Waals surface area contributed by atoms with Crippen LogP contribution in [0.5, 0.6) is 5.75 Å². The van der Waals surface area contributed by atoms with Crippen LogP contribution in [0.1, 0.15) is 46.0 Å². The summed E-state index contributed by atoms with van der Waals surface area (Å²) in [5, 5.41) is 5.22. The highest BCUT2D eigenvalue weighted by molar-refractivity contribution is 6.00. The van der Waals surface area contributed by atoms with E-state index in [-0.39, 0.29) is 35.9 Å². The van der Waals surface area contributed by atoms with E-state index >= 15 is 0 Å². The Kier molecular flexibility index (Phi) is 9.13. The van der Waals surface area contributed by atoms with Crippen LogP contribution in [-0.2, 0) is 20.9 Å². The monoisotopic (exact) mass is 474 g/mol. The first-order valence-electron chi connectivity index (χ1n) is 11.1. The number of para-hydroxylation sites is 1. The molecule has 0 radical (unpaired) electrons. The summed E-state index contributed by atoms with van der Waals surface area (Å²) in [7, 11) is 0. The van der Waals surface area contributed by atoms with E-state index in [1.165, 1.54) is 24.3 Å². The Morgan fingerprint density at radius 1 is 0.829 bits per heavy atom. The van der Waals surface area contributed by atoms with Crippen LogP contribution in [0, 0.1) is 0 Å². The van der Waals surface area contributed by atoms with Crippen molar-refractivity contribution in [1.29, 1.82) is 0 Å². The third-order valence-corrected chi connectivity index (χ3v) is 4.85. The number of benzene rings is 3. The van der Waals surface area contributed by atoms with Crippen molar-refractivity contribution in [3.05, 3.63) is 95.6 Å². The summed E-state index contributed by atoms with van der Waals surface area (Å²) in [6.45, 7) is 1.68. The molecule has 0 bridgehead atoms. The van der Waals surface area contributed by atoms with E-state index in [0.29, 0.717) is 12.1 Å². The van der Waals surface area contributed by atoms with Crippen LogP contribution in [-0.4, -0.2) is 30.3 Å². The molecule has 8 heteroatoms. The van der Waals surface area contributed by atoms with E-state index in [9.17, 15) is 19.2 Å². The minimum atomic E-state index is -0.668. The summed E-state index contributed by atoms with van der Waals surface area (Å²) in [6, 6.07) is 21.6. The Labute approximate surface area is 203 Å². The number of esters is 2. The molecule has 0 aliphatic carbocycles. The van der Waals surface area contributed by atoms with Gasteiger partial charge in [-0.3, -0.25) is 14.4 Å². The van der Waals surface area contributed by atoms with E-state index in [2.05, 4.69) is 10.6 Å². The van der Waals surface area contributed by atoms with Crippen molar-refractivity contribution < 1.29 is 28.7 Å². The van der Waals surface area contributed by atoms with Gasteiger partial charge in [-0.1, -0.05) is 49.4 Å². The van der Waals surface area contributed by atoms with Gasteiger partial charge in [0.25, 0.3) is 5.91 Å². The van der Waals surface area contributed by atoms with Crippen LogP contribution in [0.25, 0.3) is 0 Å². The summed E-state index contributed by atoms with van der Waals surface area (Å²) in [4.78, 5) is 48.9. The van der Waals surface area contributed by atoms with Gasteiger partial charge in [0.15, 0.2) is 0 Å². The first-order chi connectivity index (χ1) is 17.0. The lowest BCUT2D eigenvalue weighted by molar-refractivity contribution is -0.143. The number of carbonyl (C=O) groups is 4. The van der Waals surface area contributed by atoms with E-state index in [1.807, 2.05) is 37.3 Å². The fraction of sp³-hybridized carbons (Fsp3) is 0.185. The van der Waals surface area contributed by atoms with Crippen molar-refractivity contribution in [3.8, 4) is 5.75 Å². The summed E-state index contributed by atoms with van der Waals surface area (Å²) in [6.07, 6.45) is 1.14. The molecule has 3 aromatic carbocycles. The number of ether oxygens (including phenoxy) is 2. The van der Waals surface area contributed by atoms with Crippen molar-refractivity contribution in [2.24, 2.45) is 0 Å². The number of hydrogen-bond acceptors (Lipinski definition) is 6. The quantitative estimate of drug-likeness (QED) is 0.338. The molecule has 2 N–H and O–H groups in total. The molecule has 3 rings (SSSR count). The Balaban J connectivity index is 1.56. The zero-order valence-corrected chi connectivity index (χ0v) is 19.3. The highest BCUT2D eigenvalue weighted by Crippen LogP contribution is 2.20. The van der Waals surface area contributed by atoms with E-state index < -0.39 is 17.8 Å². The zero-order chi connectivity index (χ0) is 25.0. The minimum absolute atomic E-state index is 0.0491. The second kappa shape index (κ2) is 12.7. The molecule has 0 saturated carbocycles. The fourth-order valence-electron chi connectivity index (χ4n) is 3.08. The smallest absolute Gasteiger partial charge is 0.343 e. The third kappa shape index (κ3) is 7.82. The lowest BCUT2D eigenvalue weighted by Gasteiger charge is -2.11. The molecule has 0 saturated heterocycles. The van der Waals surface area contributed by atoms with Gasteiger partial charge < -0.3 is 20.1 Å². The van der Waals surface area contributed by atoms with Gasteiger partial charge in [0.1, 0.15) is 18.9 Å². The Morgan fingerprint density at radius 3 is 2.23 bits per heavy atom. The van der Waals surface area contributed by atoms with Crippen molar-refractivity contribution in [1.82, 2.24) is 5.32 Å². The van der Waals surface area contributed by atoms with Gasteiger partial charge in [0.2, 0.25) is 5.91 Å². The first kappa shape index (κ1) is 25.2. The Hall–Kier alpha value is -4.46. The van der Waals surface area contributed by atoms with Crippen LogP contribution in [0.4, 0.5) is 5.69 Å². The SMILES string of the molecule is CCCC(=O)Nc1ccc(C(=O)Oc2ccccc2C(=O)NCC(=O)OCc2ccccc2)cc1. The zero-order valence-electron chi connectivity index (χ0n) is 19.3. The maximum atomic E-state index is 12.6. The maximum Gasteiger partial charge on any atom is 0.343 e. The van der Waals surface area contributed by atoms with Gasteiger partial charge in [-0.15, -0.1) is 0 Å². The highest BCUT2D eigenvalue weighted by Gasteiger charge is 2.17. The number of amides is 2. The van der Waals surface area contributed by atoms with Crippen LogP contribution >= 0.6 is 0 Å². The molecule has 0 fully saturated rings. The number of rotatable bonds is 10. The normalized spacial score (nSPS) is 10.2. The molecular formula is C27H26N2O6. The second-order valence-electron chi connectivity index (χ2n) is 7.59. The van der Waals surface area contributed by atoms with Crippen molar-refractivity contribution in [2.75, 3.05) is 11.9 Å². The summed E-state index contributed by atoms with van der Waals surface area (Å²) in [5.74, 6) is -1.90. The van der Waals surface area contributed by atoms with Crippen LogP contribution < -0.4 is 15.4 Å². The first-order valence-corrected chi connectivity index (χ1v) is 11.1. The molecule has 0 heterocycles. The molecule has 0 atom stereocenters. The summed E-state index contributed by atoms with van der Waals surface area (Å²) >= 11 is 0. The van der Waals surface area contributed by atoms with Gasteiger partial charge in [-0.2, -0.15) is 0 Å². The second-order valence-corrected chi connectivity index (χ2v) is 7.59. The lowest BCUT2D eigenvalue weighted by atomic mass is 10.1. The standard InChI is InChI=1S/C27H26N2O6/c1-2-8-24(30)29-21-15-13-20(14-16-21)27(33)35-23-12-7-6-11-22(23)26(32)28-17-25(31)34-18-19-9-4-3-5-10-19/h3-7,9-16H,2,8,17-18H2,1H3,(H,28,32)(H,29,30). The lowest BCUT2D eigenvalue weighted by Crippen LogP contribution is -2.31. The molecule has 180 valence electrons.